The molecular formula is C28H31N3O4. The summed E-state index contributed by atoms with van der Waals surface area (Å²) in [5.74, 6) is 2.20. The first-order chi connectivity index (χ1) is 17.1. The summed E-state index contributed by atoms with van der Waals surface area (Å²) in [6.45, 7) is 7.03. The number of nitrogens with one attached hydrogen (secondary N) is 2. The molecule has 4 rings (SSSR count). The van der Waals surface area contributed by atoms with E-state index in [4.69, 9.17) is 14.2 Å². The predicted molar refractivity (Wildman–Crippen MR) is 138 cm³/mol. The van der Waals surface area contributed by atoms with Crippen LogP contribution in [0, 0.1) is 0 Å². The fraction of sp³-hybridized carbons (Fsp3) is 0.286. The Hall–Kier alpha value is -4.00. The molecule has 1 aromatic heterocycles. The van der Waals surface area contributed by atoms with Crippen LogP contribution in [-0.4, -0.2) is 35.7 Å². The normalized spacial score (nSPS) is 10.8. The van der Waals surface area contributed by atoms with Crippen LogP contribution in [0.3, 0.4) is 0 Å². The molecule has 0 saturated heterocycles. The predicted octanol–water partition coefficient (Wildman–Crippen LogP) is 5.80. The third-order valence-corrected chi connectivity index (χ3v) is 5.45. The Morgan fingerprint density at radius 3 is 2.26 bits per heavy atom. The molecule has 0 aliphatic heterocycles. The number of rotatable bonds is 11. The number of H-pyrrole nitrogens is 1. The van der Waals surface area contributed by atoms with E-state index in [9.17, 15) is 4.79 Å². The van der Waals surface area contributed by atoms with Gasteiger partial charge in [0.05, 0.1) is 30.9 Å². The quantitative estimate of drug-likeness (QED) is 0.288. The maximum Gasteiger partial charge on any atom is 0.255 e. The van der Waals surface area contributed by atoms with E-state index < -0.39 is 0 Å². The van der Waals surface area contributed by atoms with Gasteiger partial charge in [0.1, 0.15) is 5.82 Å². The van der Waals surface area contributed by atoms with Crippen molar-refractivity contribution >= 4 is 22.6 Å². The van der Waals surface area contributed by atoms with Gasteiger partial charge in [-0.05, 0) is 69.2 Å². The van der Waals surface area contributed by atoms with Crippen molar-refractivity contribution in [2.75, 3.05) is 25.1 Å². The van der Waals surface area contributed by atoms with Crippen molar-refractivity contribution in [3.8, 4) is 17.2 Å². The maximum absolute atomic E-state index is 13.1. The molecule has 0 bridgehead atoms. The van der Waals surface area contributed by atoms with Gasteiger partial charge in [-0.2, -0.15) is 0 Å². The van der Waals surface area contributed by atoms with Gasteiger partial charge in [0.15, 0.2) is 11.5 Å². The van der Waals surface area contributed by atoms with Crippen LogP contribution in [0.15, 0.2) is 60.7 Å². The number of ether oxygens (including phenoxy) is 3. The highest BCUT2D eigenvalue weighted by atomic mass is 16.5. The number of hydrogen-bond acceptors (Lipinski definition) is 5. The van der Waals surface area contributed by atoms with Crippen molar-refractivity contribution in [3.05, 3.63) is 77.6 Å². The zero-order valence-electron chi connectivity index (χ0n) is 20.4. The van der Waals surface area contributed by atoms with Crippen LogP contribution < -0.4 is 19.5 Å². The third-order valence-electron chi connectivity index (χ3n) is 5.45. The molecule has 0 aliphatic carbocycles. The summed E-state index contributed by atoms with van der Waals surface area (Å²) in [4.78, 5) is 21.1. The molecule has 0 spiro atoms. The number of carbonyl (C=O) groups excluding carboxylic acids is 1. The Morgan fingerprint density at radius 1 is 0.857 bits per heavy atom. The first-order valence-electron chi connectivity index (χ1n) is 12.0. The number of carbonyl (C=O) groups is 1. The average molecular weight is 474 g/mol. The summed E-state index contributed by atoms with van der Waals surface area (Å²) < 4.78 is 17.2. The number of aromatic amines is 1. The zero-order chi connectivity index (χ0) is 24.6. The van der Waals surface area contributed by atoms with Gasteiger partial charge in [0.2, 0.25) is 5.75 Å². The average Bonchev–Trinajstić information content (AvgIpc) is 3.28. The number of aromatic nitrogens is 2. The van der Waals surface area contributed by atoms with Crippen molar-refractivity contribution in [1.29, 1.82) is 0 Å². The molecule has 0 atom stereocenters. The van der Waals surface area contributed by atoms with Crippen molar-refractivity contribution in [2.45, 2.75) is 33.6 Å². The lowest BCUT2D eigenvalue weighted by atomic mass is 10.1. The van der Waals surface area contributed by atoms with Gasteiger partial charge < -0.3 is 24.5 Å². The molecular weight excluding hydrogens is 442 g/mol. The van der Waals surface area contributed by atoms with Gasteiger partial charge in [-0.15, -0.1) is 0 Å². The first-order valence-corrected chi connectivity index (χ1v) is 12.0. The highest BCUT2D eigenvalue weighted by Crippen LogP contribution is 2.39. The van der Waals surface area contributed by atoms with Crippen LogP contribution in [0.25, 0.3) is 11.0 Å². The van der Waals surface area contributed by atoms with E-state index in [1.54, 1.807) is 12.1 Å². The van der Waals surface area contributed by atoms with Crippen molar-refractivity contribution < 1.29 is 19.0 Å². The van der Waals surface area contributed by atoms with E-state index in [-0.39, 0.29) is 5.91 Å². The lowest BCUT2D eigenvalue weighted by Gasteiger charge is -2.17. The summed E-state index contributed by atoms with van der Waals surface area (Å²) in [5.41, 5.74) is 4.28. The number of hydrogen-bond donors (Lipinski definition) is 2. The van der Waals surface area contributed by atoms with Gasteiger partial charge in [-0.3, -0.25) is 4.79 Å². The van der Waals surface area contributed by atoms with Crippen LogP contribution in [0.1, 0.15) is 42.5 Å². The molecule has 4 aromatic rings. The Kier molecular flexibility index (Phi) is 7.88. The number of benzene rings is 3. The molecule has 35 heavy (non-hydrogen) atoms. The summed E-state index contributed by atoms with van der Waals surface area (Å²) in [5, 5.41) is 2.99. The van der Waals surface area contributed by atoms with Crippen molar-refractivity contribution in [1.82, 2.24) is 9.97 Å². The molecule has 3 aromatic carbocycles. The Balaban J connectivity index is 1.48. The molecule has 0 radical (unpaired) electrons. The topological polar surface area (TPSA) is 85.5 Å². The monoisotopic (exact) mass is 473 g/mol. The van der Waals surface area contributed by atoms with E-state index in [2.05, 4.69) is 21.4 Å². The number of anilines is 1. The number of amides is 1. The molecule has 0 fully saturated rings. The van der Waals surface area contributed by atoms with Gasteiger partial charge in [-0.1, -0.05) is 24.3 Å². The number of fused-ring (bicyclic) bond motifs is 1. The molecule has 0 aliphatic rings. The molecule has 2 N–H and O–H groups in total. The van der Waals surface area contributed by atoms with Crippen molar-refractivity contribution in [2.24, 2.45) is 0 Å². The fourth-order valence-corrected chi connectivity index (χ4v) is 3.91. The lowest BCUT2D eigenvalue weighted by molar-refractivity contribution is 0.102. The zero-order valence-corrected chi connectivity index (χ0v) is 20.4. The molecule has 0 saturated carbocycles. The highest BCUT2D eigenvalue weighted by molar-refractivity contribution is 6.05. The van der Waals surface area contributed by atoms with Crippen LogP contribution >= 0.6 is 0 Å². The number of nitrogens with zero attached hydrogens (tertiary/aromatic N) is 1. The minimum absolute atomic E-state index is 0.246. The molecule has 7 nitrogen and oxygen atoms in total. The minimum atomic E-state index is -0.246. The smallest absolute Gasteiger partial charge is 0.255 e. The minimum Gasteiger partial charge on any atom is -0.490 e. The first kappa shape index (κ1) is 24.1. The molecule has 182 valence electrons. The standard InChI is InChI=1S/C28H31N3O4/c1-4-33-24-17-20(18-25(34-5-2)27(24)35-6-3)28(32)29-21-11-9-10-19(16-21)14-15-26-30-22-12-7-8-13-23(22)31-26/h7-13,16-18H,4-6,14-15H2,1-3H3,(H,29,32)(H,30,31). The molecule has 0 unspecified atom stereocenters. The van der Waals surface area contributed by atoms with Crippen LogP contribution in [0.4, 0.5) is 5.69 Å². The molecule has 7 heteroatoms. The largest absolute Gasteiger partial charge is 0.490 e. The second-order valence-electron chi connectivity index (χ2n) is 7.96. The van der Waals surface area contributed by atoms with E-state index in [0.29, 0.717) is 42.6 Å². The molecule has 1 amide bonds. The van der Waals surface area contributed by atoms with Crippen LogP contribution in [0.5, 0.6) is 17.2 Å². The van der Waals surface area contributed by atoms with E-state index in [1.165, 1.54) is 0 Å². The summed E-state index contributed by atoms with van der Waals surface area (Å²) in [6, 6.07) is 19.3. The summed E-state index contributed by atoms with van der Waals surface area (Å²) >= 11 is 0. The van der Waals surface area contributed by atoms with E-state index in [0.717, 1.165) is 41.0 Å². The molecule has 1 heterocycles. The van der Waals surface area contributed by atoms with Crippen LogP contribution in [-0.2, 0) is 12.8 Å². The second-order valence-corrected chi connectivity index (χ2v) is 7.96. The number of aryl methyl sites for hydroxylation is 2. The van der Waals surface area contributed by atoms with Gasteiger partial charge in [0, 0.05) is 17.7 Å². The highest BCUT2D eigenvalue weighted by Gasteiger charge is 2.18. The van der Waals surface area contributed by atoms with E-state index >= 15 is 0 Å². The lowest BCUT2D eigenvalue weighted by Crippen LogP contribution is -2.13. The van der Waals surface area contributed by atoms with Gasteiger partial charge >= 0.3 is 0 Å². The van der Waals surface area contributed by atoms with E-state index in [1.807, 2.05) is 63.2 Å². The summed E-state index contributed by atoms with van der Waals surface area (Å²) in [6.07, 6.45) is 1.58. The van der Waals surface area contributed by atoms with Gasteiger partial charge in [-0.25, -0.2) is 4.98 Å². The maximum atomic E-state index is 13.1. The SMILES string of the molecule is CCOc1cc(C(=O)Nc2cccc(CCc3nc4ccccc4[nH]3)c2)cc(OCC)c1OCC. The second kappa shape index (κ2) is 11.4. The Morgan fingerprint density at radius 2 is 1.57 bits per heavy atom. The fourth-order valence-electron chi connectivity index (χ4n) is 3.91. The Labute approximate surface area is 205 Å². The van der Waals surface area contributed by atoms with Gasteiger partial charge in [0.25, 0.3) is 5.91 Å². The van der Waals surface area contributed by atoms with Crippen molar-refractivity contribution in [3.63, 3.8) is 0 Å². The summed E-state index contributed by atoms with van der Waals surface area (Å²) in [7, 11) is 0. The van der Waals surface area contributed by atoms with Crippen LogP contribution in [0.2, 0.25) is 0 Å². The third kappa shape index (κ3) is 5.93. The number of imidazole rings is 1. The number of para-hydroxylation sites is 2. The Bertz CT molecular complexity index is 1240.